The highest BCUT2D eigenvalue weighted by Crippen LogP contribution is 2.21. The molecular weight excluding hydrogens is 251 g/mol. The number of benzene rings is 1. The fraction of sp³-hybridized carbons (Fsp3) is 0.167. The molecule has 1 atom stereocenters. The smallest absolute Gasteiger partial charge is 0.201 e. The standard InChI is InChI=1S/C12H11FN4S/c1-7(11-14-4-5-18-11)15-12-16-9-3-2-8(13)6-10(9)17-12/h2-7H,1H3,(H2,15,16,17). The molecule has 0 saturated carbocycles. The Hall–Kier alpha value is -1.95. The van der Waals surface area contributed by atoms with E-state index in [0.29, 0.717) is 11.5 Å². The number of thiazole rings is 1. The van der Waals surface area contributed by atoms with Gasteiger partial charge in [-0.3, -0.25) is 0 Å². The first kappa shape index (κ1) is 11.2. The summed E-state index contributed by atoms with van der Waals surface area (Å²) in [5.41, 5.74) is 1.43. The minimum Gasteiger partial charge on any atom is -0.347 e. The first-order valence-electron chi connectivity index (χ1n) is 5.53. The molecule has 2 heterocycles. The third-order valence-electron chi connectivity index (χ3n) is 2.62. The summed E-state index contributed by atoms with van der Waals surface area (Å²) in [7, 11) is 0. The van der Waals surface area contributed by atoms with E-state index in [4.69, 9.17) is 0 Å². The van der Waals surface area contributed by atoms with Gasteiger partial charge in [0.25, 0.3) is 0 Å². The zero-order valence-electron chi connectivity index (χ0n) is 9.64. The Morgan fingerprint density at radius 1 is 1.44 bits per heavy atom. The second kappa shape index (κ2) is 4.38. The molecule has 3 rings (SSSR count). The normalized spacial score (nSPS) is 12.8. The van der Waals surface area contributed by atoms with Gasteiger partial charge in [-0.25, -0.2) is 14.4 Å². The van der Waals surface area contributed by atoms with Crippen molar-refractivity contribution in [2.24, 2.45) is 0 Å². The second-order valence-electron chi connectivity index (χ2n) is 3.98. The van der Waals surface area contributed by atoms with Crippen LogP contribution in [0.4, 0.5) is 10.3 Å². The molecule has 0 spiro atoms. The van der Waals surface area contributed by atoms with Crippen LogP contribution in [0.2, 0.25) is 0 Å². The van der Waals surface area contributed by atoms with Gasteiger partial charge in [-0.05, 0) is 25.1 Å². The minimum atomic E-state index is -0.273. The molecule has 0 saturated heterocycles. The van der Waals surface area contributed by atoms with E-state index in [2.05, 4.69) is 20.3 Å². The summed E-state index contributed by atoms with van der Waals surface area (Å²) in [6.45, 7) is 2.01. The van der Waals surface area contributed by atoms with E-state index < -0.39 is 0 Å². The van der Waals surface area contributed by atoms with Gasteiger partial charge in [0.05, 0.1) is 17.1 Å². The zero-order valence-corrected chi connectivity index (χ0v) is 10.5. The molecule has 1 aromatic carbocycles. The number of imidazole rings is 1. The van der Waals surface area contributed by atoms with Crippen molar-refractivity contribution in [3.05, 3.63) is 40.6 Å². The Balaban J connectivity index is 1.86. The monoisotopic (exact) mass is 262 g/mol. The molecular formula is C12H11FN4S. The second-order valence-corrected chi connectivity index (χ2v) is 4.91. The lowest BCUT2D eigenvalue weighted by Gasteiger charge is -2.08. The lowest BCUT2D eigenvalue weighted by Crippen LogP contribution is -2.07. The van der Waals surface area contributed by atoms with E-state index in [1.54, 1.807) is 23.6 Å². The van der Waals surface area contributed by atoms with E-state index in [0.717, 1.165) is 10.5 Å². The summed E-state index contributed by atoms with van der Waals surface area (Å²) in [6, 6.07) is 4.55. The summed E-state index contributed by atoms with van der Waals surface area (Å²) in [6.07, 6.45) is 1.77. The number of anilines is 1. The number of aromatic nitrogens is 3. The highest BCUT2D eigenvalue weighted by molar-refractivity contribution is 7.09. The van der Waals surface area contributed by atoms with E-state index in [-0.39, 0.29) is 11.9 Å². The third-order valence-corrected chi connectivity index (χ3v) is 3.58. The minimum absolute atomic E-state index is 0.0652. The van der Waals surface area contributed by atoms with Gasteiger partial charge < -0.3 is 10.3 Å². The molecule has 0 amide bonds. The van der Waals surface area contributed by atoms with Gasteiger partial charge in [0, 0.05) is 11.6 Å². The van der Waals surface area contributed by atoms with Crippen molar-refractivity contribution >= 4 is 28.3 Å². The van der Waals surface area contributed by atoms with Crippen molar-refractivity contribution in [1.29, 1.82) is 0 Å². The van der Waals surface area contributed by atoms with Crippen molar-refractivity contribution in [1.82, 2.24) is 15.0 Å². The van der Waals surface area contributed by atoms with Crippen LogP contribution in [-0.4, -0.2) is 15.0 Å². The van der Waals surface area contributed by atoms with Gasteiger partial charge >= 0.3 is 0 Å². The molecule has 0 aliphatic carbocycles. The summed E-state index contributed by atoms with van der Waals surface area (Å²) >= 11 is 1.58. The van der Waals surface area contributed by atoms with Gasteiger partial charge in [-0.2, -0.15) is 0 Å². The Kier molecular flexibility index (Phi) is 2.71. The van der Waals surface area contributed by atoms with Crippen LogP contribution in [0.5, 0.6) is 0 Å². The summed E-state index contributed by atoms with van der Waals surface area (Å²) in [5, 5.41) is 6.13. The SMILES string of the molecule is CC(Nc1nc2ccc(F)cc2[nH]1)c1nccs1. The van der Waals surface area contributed by atoms with E-state index >= 15 is 0 Å². The molecule has 0 radical (unpaired) electrons. The van der Waals surface area contributed by atoms with Crippen LogP contribution in [-0.2, 0) is 0 Å². The van der Waals surface area contributed by atoms with Crippen LogP contribution in [0.25, 0.3) is 11.0 Å². The quantitative estimate of drug-likeness (QED) is 0.761. The highest BCUT2D eigenvalue weighted by Gasteiger charge is 2.10. The van der Waals surface area contributed by atoms with Gasteiger partial charge in [-0.1, -0.05) is 0 Å². The molecule has 3 aromatic rings. The number of hydrogen-bond acceptors (Lipinski definition) is 4. The molecule has 2 aromatic heterocycles. The lowest BCUT2D eigenvalue weighted by molar-refractivity contribution is 0.629. The maximum atomic E-state index is 13.1. The van der Waals surface area contributed by atoms with Crippen molar-refractivity contribution in [3.8, 4) is 0 Å². The number of nitrogens with one attached hydrogen (secondary N) is 2. The number of hydrogen-bond donors (Lipinski definition) is 2. The first-order valence-corrected chi connectivity index (χ1v) is 6.41. The van der Waals surface area contributed by atoms with E-state index in [1.807, 2.05) is 12.3 Å². The molecule has 0 bridgehead atoms. The average Bonchev–Trinajstić information content (AvgIpc) is 2.95. The van der Waals surface area contributed by atoms with Crippen molar-refractivity contribution in [2.45, 2.75) is 13.0 Å². The average molecular weight is 262 g/mol. The summed E-state index contributed by atoms with van der Waals surface area (Å²) in [4.78, 5) is 11.6. The Morgan fingerprint density at radius 2 is 2.33 bits per heavy atom. The fourth-order valence-electron chi connectivity index (χ4n) is 1.77. The van der Waals surface area contributed by atoms with Crippen LogP contribution in [0.1, 0.15) is 18.0 Å². The molecule has 18 heavy (non-hydrogen) atoms. The summed E-state index contributed by atoms with van der Waals surface area (Å²) in [5.74, 6) is 0.351. The Morgan fingerprint density at radius 3 is 3.11 bits per heavy atom. The van der Waals surface area contributed by atoms with E-state index in [9.17, 15) is 4.39 Å². The predicted octanol–water partition coefficient (Wildman–Crippen LogP) is 3.33. The van der Waals surface area contributed by atoms with Crippen LogP contribution < -0.4 is 5.32 Å². The largest absolute Gasteiger partial charge is 0.347 e. The van der Waals surface area contributed by atoms with Gasteiger partial charge in [0.15, 0.2) is 0 Å². The summed E-state index contributed by atoms with van der Waals surface area (Å²) < 4.78 is 13.1. The van der Waals surface area contributed by atoms with Crippen LogP contribution in [0, 0.1) is 5.82 Å². The van der Waals surface area contributed by atoms with Crippen molar-refractivity contribution in [3.63, 3.8) is 0 Å². The fourth-order valence-corrected chi connectivity index (χ4v) is 2.41. The Bertz CT molecular complexity index is 662. The van der Waals surface area contributed by atoms with Crippen molar-refractivity contribution in [2.75, 3.05) is 5.32 Å². The maximum Gasteiger partial charge on any atom is 0.201 e. The third kappa shape index (κ3) is 2.06. The molecule has 0 fully saturated rings. The number of halogens is 1. The topological polar surface area (TPSA) is 53.6 Å². The number of H-pyrrole nitrogens is 1. The van der Waals surface area contributed by atoms with Gasteiger partial charge in [0.2, 0.25) is 5.95 Å². The molecule has 0 aliphatic heterocycles. The highest BCUT2D eigenvalue weighted by atomic mass is 32.1. The number of aromatic amines is 1. The zero-order chi connectivity index (χ0) is 12.5. The van der Waals surface area contributed by atoms with Crippen LogP contribution >= 0.6 is 11.3 Å². The molecule has 1 unspecified atom stereocenters. The van der Waals surface area contributed by atoms with Crippen molar-refractivity contribution < 1.29 is 4.39 Å². The number of fused-ring (bicyclic) bond motifs is 1. The first-order chi connectivity index (χ1) is 8.72. The predicted molar refractivity (Wildman–Crippen MR) is 70.2 cm³/mol. The molecule has 6 heteroatoms. The molecule has 2 N–H and O–H groups in total. The lowest BCUT2D eigenvalue weighted by atomic mass is 10.3. The number of rotatable bonds is 3. The Labute approximate surface area is 107 Å². The van der Waals surface area contributed by atoms with Crippen LogP contribution in [0.15, 0.2) is 29.8 Å². The molecule has 92 valence electrons. The van der Waals surface area contributed by atoms with Crippen LogP contribution in [0.3, 0.4) is 0 Å². The molecule has 0 aliphatic rings. The van der Waals surface area contributed by atoms with E-state index in [1.165, 1.54) is 12.1 Å². The maximum absolute atomic E-state index is 13.1. The molecule has 4 nitrogen and oxygen atoms in total. The number of nitrogens with zero attached hydrogens (tertiary/aromatic N) is 2. The van der Waals surface area contributed by atoms with Gasteiger partial charge in [-0.15, -0.1) is 11.3 Å². The van der Waals surface area contributed by atoms with Gasteiger partial charge in [0.1, 0.15) is 10.8 Å².